The average molecular weight is 370 g/mol. The Bertz CT molecular complexity index is 986. The molecule has 3 heterocycles. The Balaban J connectivity index is 1.86. The van der Waals surface area contributed by atoms with Crippen LogP contribution in [0.4, 0.5) is 10.6 Å². The Hall–Kier alpha value is -2.94. The maximum Gasteiger partial charge on any atom is 0.412 e. The monoisotopic (exact) mass is 370 g/mol. The standard InChI is InChI=1S/C18H22N6O3/c1-22-10-11(8-20-22)17-14-9-19-16(23(2)18(26)27)7-15(14)24(21-17)12-3-5-13(25)6-4-12/h7-10,12-13,25H,3-6H2,1-2H3,(H,26,27)/t12-,13+. The Kier molecular flexibility index (Phi) is 4.31. The van der Waals surface area contributed by atoms with Crippen LogP contribution in [0.1, 0.15) is 31.7 Å². The molecule has 0 saturated heterocycles. The molecule has 2 N–H and O–H groups in total. The van der Waals surface area contributed by atoms with Gasteiger partial charge in [0.25, 0.3) is 0 Å². The minimum atomic E-state index is -1.07. The summed E-state index contributed by atoms with van der Waals surface area (Å²) in [6.45, 7) is 0. The van der Waals surface area contributed by atoms with Crippen molar-refractivity contribution in [2.24, 2.45) is 7.05 Å². The Morgan fingerprint density at radius 1 is 1.26 bits per heavy atom. The fraction of sp³-hybridized carbons (Fsp3) is 0.444. The van der Waals surface area contributed by atoms with Crippen molar-refractivity contribution in [3.8, 4) is 11.3 Å². The average Bonchev–Trinajstić information content (AvgIpc) is 3.24. The third kappa shape index (κ3) is 3.14. The molecule has 27 heavy (non-hydrogen) atoms. The van der Waals surface area contributed by atoms with Gasteiger partial charge in [-0.3, -0.25) is 14.3 Å². The van der Waals surface area contributed by atoms with E-state index in [-0.39, 0.29) is 12.1 Å². The van der Waals surface area contributed by atoms with Crippen LogP contribution in [0, 0.1) is 0 Å². The highest BCUT2D eigenvalue weighted by molar-refractivity contribution is 5.95. The van der Waals surface area contributed by atoms with Gasteiger partial charge in [-0.05, 0) is 25.7 Å². The van der Waals surface area contributed by atoms with Crippen molar-refractivity contribution in [1.82, 2.24) is 24.5 Å². The van der Waals surface area contributed by atoms with Gasteiger partial charge in [0.1, 0.15) is 11.5 Å². The highest BCUT2D eigenvalue weighted by Gasteiger charge is 2.25. The van der Waals surface area contributed by atoms with E-state index in [0.717, 1.165) is 52.7 Å². The number of hydrogen-bond donors (Lipinski definition) is 2. The first-order valence-corrected chi connectivity index (χ1v) is 8.96. The molecule has 1 aliphatic carbocycles. The van der Waals surface area contributed by atoms with Crippen LogP contribution in [0.15, 0.2) is 24.7 Å². The molecule has 0 aromatic carbocycles. The van der Waals surface area contributed by atoms with Crippen LogP contribution >= 0.6 is 0 Å². The lowest BCUT2D eigenvalue weighted by atomic mass is 9.93. The summed E-state index contributed by atoms with van der Waals surface area (Å²) < 4.78 is 3.68. The SMILES string of the molecule is CN(C(=O)O)c1cc2c(cn1)c(-c1cnn(C)c1)nn2[C@H]1CC[C@@H](O)CC1. The number of carbonyl (C=O) groups is 1. The fourth-order valence-electron chi connectivity index (χ4n) is 3.64. The van der Waals surface area contributed by atoms with Crippen molar-refractivity contribution in [3.63, 3.8) is 0 Å². The zero-order valence-corrected chi connectivity index (χ0v) is 15.3. The third-order valence-electron chi connectivity index (χ3n) is 5.20. The molecule has 3 aromatic heterocycles. The summed E-state index contributed by atoms with van der Waals surface area (Å²) in [5.74, 6) is 0.352. The minimum Gasteiger partial charge on any atom is -0.465 e. The number of aliphatic hydroxyl groups is 1. The number of carboxylic acid groups (broad SMARTS) is 1. The van der Waals surface area contributed by atoms with Gasteiger partial charge in [0.2, 0.25) is 0 Å². The number of amides is 1. The van der Waals surface area contributed by atoms with Crippen LogP contribution in [0.5, 0.6) is 0 Å². The molecule has 0 bridgehead atoms. The van der Waals surface area contributed by atoms with Crippen molar-refractivity contribution >= 4 is 22.8 Å². The summed E-state index contributed by atoms with van der Waals surface area (Å²) >= 11 is 0. The maximum absolute atomic E-state index is 11.3. The molecule has 142 valence electrons. The van der Waals surface area contributed by atoms with Crippen molar-refractivity contribution in [1.29, 1.82) is 0 Å². The predicted octanol–water partition coefficient (Wildman–Crippen LogP) is 2.42. The van der Waals surface area contributed by atoms with Crippen LogP contribution in [-0.2, 0) is 7.05 Å². The first kappa shape index (κ1) is 17.5. The zero-order valence-electron chi connectivity index (χ0n) is 15.3. The molecular weight excluding hydrogens is 348 g/mol. The normalized spacial score (nSPS) is 20.1. The van der Waals surface area contributed by atoms with Crippen molar-refractivity contribution in [2.45, 2.75) is 37.8 Å². The van der Waals surface area contributed by atoms with Crippen molar-refractivity contribution in [2.75, 3.05) is 11.9 Å². The largest absolute Gasteiger partial charge is 0.465 e. The number of nitrogens with zero attached hydrogens (tertiary/aromatic N) is 6. The van der Waals surface area contributed by atoms with Gasteiger partial charge in [-0.15, -0.1) is 0 Å². The van der Waals surface area contributed by atoms with Gasteiger partial charge in [-0.25, -0.2) is 9.78 Å². The number of anilines is 1. The molecule has 0 spiro atoms. The molecular formula is C18H22N6O3. The van der Waals surface area contributed by atoms with Gasteiger partial charge in [0.15, 0.2) is 0 Å². The third-order valence-corrected chi connectivity index (χ3v) is 5.20. The first-order chi connectivity index (χ1) is 12.9. The lowest BCUT2D eigenvalue weighted by molar-refractivity contribution is 0.109. The van der Waals surface area contributed by atoms with E-state index < -0.39 is 6.09 Å². The summed E-state index contributed by atoms with van der Waals surface area (Å²) in [5, 5.41) is 29.0. The molecule has 0 unspecified atom stereocenters. The summed E-state index contributed by atoms with van der Waals surface area (Å²) in [6, 6.07) is 1.92. The van der Waals surface area contributed by atoms with E-state index in [0.29, 0.717) is 5.82 Å². The van der Waals surface area contributed by atoms with Gasteiger partial charge >= 0.3 is 6.09 Å². The number of aromatic nitrogens is 5. The highest BCUT2D eigenvalue weighted by Crippen LogP contribution is 2.35. The van der Waals surface area contributed by atoms with Gasteiger partial charge in [0.05, 0.1) is 23.9 Å². The van der Waals surface area contributed by atoms with Crippen molar-refractivity contribution < 1.29 is 15.0 Å². The Morgan fingerprint density at radius 3 is 2.63 bits per heavy atom. The van der Waals surface area contributed by atoms with Gasteiger partial charge in [0, 0.05) is 43.5 Å². The maximum atomic E-state index is 11.3. The molecule has 1 amide bonds. The van der Waals surface area contributed by atoms with Crippen LogP contribution in [0.3, 0.4) is 0 Å². The number of fused-ring (bicyclic) bond motifs is 1. The van der Waals surface area contributed by atoms with Crippen LogP contribution < -0.4 is 4.90 Å². The molecule has 9 nitrogen and oxygen atoms in total. The van der Waals surface area contributed by atoms with E-state index in [2.05, 4.69) is 10.1 Å². The lowest BCUT2D eigenvalue weighted by Crippen LogP contribution is -2.25. The molecule has 1 aliphatic rings. The van der Waals surface area contributed by atoms with E-state index >= 15 is 0 Å². The smallest absolute Gasteiger partial charge is 0.412 e. The number of pyridine rings is 1. The topological polar surface area (TPSA) is 109 Å². The van der Waals surface area contributed by atoms with Crippen molar-refractivity contribution in [3.05, 3.63) is 24.7 Å². The zero-order chi connectivity index (χ0) is 19.1. The molecule has 9 heteroatoms. The number of rotatable bonds is 3. The second-order valence-electron chi connectivity index (χ2n) is 7.06. The molecule has 3 aromatic rings. The summed E-state index contributed by atoms with van der Waals surface area (Å²) in [5.41, 5.74) is 2.51. The van der Waals surface area contributed by atoms with Gasteiger partial charge in [-0.1, -0.05) is 0 Å². The van der Waals surface area contributed by atoms with Crippen LogP contribution in [0.2, 0.25) is 0 Å². The van der Waals surface area contributed by atoms with Crippen LogP contribution in [-0.4, -0.2) is 54.0 Å². The van der Waals surface area contributed by atoms with E-state index in [1.54, 1.807) is 23.1 Å². The second kappa shape index (κ2) is 6.66. The van der Waals surface area contributed by atoms with E-state index in [1.807, 2.05) is 17.9 Å². The lowest BCUT2D eigenvalue weighted by Gasteiger charge is -2.26. The van der Waals surface area contributed by atoms with Gasteiger partial charge < -0.3 is 10.2 Å². The second-order valence-corrected chi connectivity index (χ2v) is 7.06. The molecule has 0 atom stereocenters. The quantitative estimate of drug-likeness (QED) is 0.733. The molecule has 0 radical (unpaired) electrons. The molecule has 1 saturated carbocycles. The summed E-state index contributed by atoms with van der Waals surface area (Å²) in [6.07, 6.45) is 7.14. The van der Waals surface area contributed by atoms with Gasteiger partial charge in [-0.2, -0.15) is 10.2 Å². The number of hydrogen-bond acceptors (Lipinski definition) is 5. The number of aryl methyl sites for hydroxylation is 1. The minimum absolute atomic E-state index is 0.159. The molecule has 0 aliphatic heterocycles. The Morgan fingerprint density at radius 2 is 2.00 bits per heavy atom. The fourth-order valence-corrected chi connectivity index (χ4v) is 3.64. The highest BCUT2D eigenvalue weighted by atomic mass is 16.4. The summed E-state index contributed by atoms with van der Waals surface area (Å²) in [4.78, 5) is 16.7. The van der Waals surface area contributed by atoms with E-state index in [4.69, 9.17) is 5.10 Å². The number of aliphatic hydroxyl groups excluding tert-OH is 1. The van der Waals surface area contributed by atoms with E-state index in [1.165, 1.54) is 7.05 Å². The predicted molar refractivity (Wildman–Crippen MR) is 99.7 cm³/mol. The van der Waals surface area contributed by atoms with E-state index in [9.17, 15) is 15.0 Å². The molecule has 1 fully saturated rings. The Labute approximate surface area is 155 Å². The summed E-state index contributed by atoms with van der Waals surface area (Å²) in [7, 11) is 3.32. The molecule has 4 rings (SSSR count). The van der Waals surface area contributed by atoms with Crippen LogP contribution in [0.25, 0.3) is 22.2 Å². The first-order valence-electron chi connectivity index (χ1n) is 8.96.